The zero-order chi connectivity index (χ0) is 20.4. The molecule has 10 nitrogen and oxygen atoms in total. The smallest absolute Gasteiger partial charge is 0.332 e. The van der Waals surface area contributed by atoms with Crippen LogP contribution in [0.1, 0.15) is 5.56 Å². The summed E-state index contributed by atoms with van der Waals surface area (Å²) >= 11 is 0. The van der Waals surface area contributed by atoms with E-state index in [0.29, 0.717) is 0 Å². The first kappa shape index (κ1) is 19.1. The molecule has 146 valence electrons. The van der Waals surface area contributed by atoms with E-state index in [1.807, 2.05) is 43.3 Å². The van der Waals surface area contributed by atoms with Crippen molar-refractivity contribution in [3.63, 3.8) is 0 Å². The Morgan fingerprint density at radius 1 is 1.18 bits per heavy atom. The van der Waals surface area contributed by atoms with Gasteiger partial charge in [-0.2, -0.15) is 5.10 Å². The standard InChI is InChI=1S/C18H21N7O3/c1-22(2)13-7-5-12(6-8-13)9-20-21-14(26)10-25-11-19-16-15(25)17(27)24(4)18(28)23(16)3/h5-9,11H,10H2,1-4H3,(H,21,26). The second kappa shape index (κ2) is 7.51. The Kier molecular flexibility index (Phi) is 5.12. The van der Waals surface area contributed by atoms with Gasteiger partial charge < -0.3 is 9.47 Å². The van der Waals surface area contributed by atoms with Crippen molar-refractivity contribution < 1.29 is 4.79 Å². The molecule has 2 aromatic heterocycles. The highest BCUT2D eigenvalue weighted by Crippen LogP contribution is 2.10. The Morgan fingerprint density at radius 3 is 2.50 bits per heavy atom. The van der Waals surface area contributed by atoms with Crippen molar-refractivity contribution in [2.24, 2.45) is 19.2 Å². The van der Waals surface area contributed by atoms with Crippen LogP contribution in [0.2, 0.25) is 0 Å². The fraction of sp³-hybridized carbons (Fsp3) is 0.278. The summed E-state index contributed by atoms with van der Waals surface area (Å²) in [6, 6.07) is 7.67. The largest absolute Gasteiger partial charge is 0.378 e. The summed E-state index contributed by atoms with van der Waals surface area (Å²) in [5.74, 6) is -0.420. The minimum absolute atomic E-state index is 0.152. The van der Waals surface area contributed by atoms with Crippen LogP contribution in [0, 0.1) is 0 Å². The van der Waals surface area contributed by atoms with E-state index in [-0.39, 0.29) is 17.7 Å². The molecule has 1 N–H and O–H groups in total. The molecule has 3 aromatic rings. The second-order valence-corrected chi connectivity index (χ2v) is 6.53. The lowest BCUT2D eigenvalue weighted by atomic mass is 10.2. The molecule has 0 atom stereocenters. The van der Waals surface area contributed by atoms with Gasteiger partial charge in [-0.25, -0.2) is 15.2 Å². The fourth-order valence-corrected chi connectivity index (χ4v) is 2.74. The van der Waals surface area contributed by atoms with Gasteiger partial charge in [0.2, 0.25) is 0 Å². The predicted octanol–water partition coefficient (Wildman–Crippen LogP) is -0.350. The number of rotatable bonds is 5. The Labute approximate surface area is 160 Å². The first-order valence-electron chi connectivity index (χ1n) is 8.49. The number of imidazole rings is 1. The number of aryl methyl sites for hydroxylation is 1. The van der Waals surface area contributed by atoms with Gasteiger partial charge in [0.1, 0.15) is 6.54 Å². The number of hydrogen-bond donors (Lipinski definition) is 1. The molecule has 10 heteroatoms. The molecule has 2 heterocycles. The Balaban J connectivity index is 1.73. The van der Waals surface area contributed by atoms with Crippen LogP contribution in [0.5, 0.6) is 0 Å². The molecule has 0 aliphatic heterocycles. The molecule has 0 aliphatic rings. The highest BCUT2D eigenvalue weighted by atomic mass is 16.2. The van der Waals surface area contributed by atoms with Crippen molar-refractivity contribution >= 4 is 29.0 Å². The van der Waals surface area contributed by atoms with Crippen LogP contribution in [0.25, 0.3) is 11.2 Å². The highest BCUT2D eigenvalue weighted by Gasteiger charge is 2.15. The summed E-state index contributed by atoms with van der Waals surface area (Å²) in [7, 11) is 6.81. The average Bonchev–Trinajstić information content (AvgIpc) is 3.08. The first-order chi connectivity index (χ1) is 13.3. The number of carbonyl (C=O) groups is 1. The zero-order valence-corrected chi connectivity index (χ0v) is 16.1. The maximum absolute atomic E-state index is 12.4. The molecule has 1 aromatic carbocycles. The van der Waals surface area contributed by atoms with E-state index in [4.69, 9.17) is 0 Å². The molecule has 0 saturated carbocycles. The van der Waals surface area contributed by atoms with Gasteiger partial charge in [-0.15, -0.1) is 0 Å². The quantitative estimate of drug-likeness (QED) is 0.479. The lowest BCUT2D eigenvalue weighted by Gasteiger charge is -2.11. The van der Waals surface area contributed by atoms with Gasteiger partial charge in [-0.1, -0.05) is 12.1 Å². The summed E-state index contributed by atoms with van der Waals surface area (Å²) in [6.07, 6.45) is 2.89. The van der Waals surface area contributed by atoms with Crippen molar-refractivity contribution in [1.82, 2.24) is 24.1 Å². The van der Waals surface area contributed by atoms with Crippen LogP contribution >= 0.6 is 0 Å². The number of benzene rings is 1. The van der Waals surface area contributed by atoms with E-state index in [2.05, 4.69) is 15.5 Å². The minimum atomic E-state index is -0.507. The number of carbonyl (C=O) groups excluding carboxylic acids is 1. The molecule has 3 rings (SSSR count). The summed E-state index contributed by atoms with van der Waals surface area (Å²) in [5.41, 5.74) is 3.75. The van der Waals surface area contributed by atoms with Gasteiger partial charge in [0.15, 0.2) is 11.2 Å². The van der Waals surface area contributed by atoms with Crippen molar-refractivity contribution in [3.8, 4) is 0 Å². The molecule has 0 unspecified atom stereocenters. The second-order valence-electron chi connectivity index (χ2n) is 6.53. The summed E-state index contributed by atoms with van der Waals surface area (Å²) in [4.78, 5) is 42.5. The van der Waals surface area contributed by atoms with Gasteiger partial charge in [0, 0.05) is 33.9 Å². The Morgan fingerprint density at radius 2 is 1.86 bits per heavy atom. The number of fused-ring (bicyclic) bond motifs is 1. The van der Waals surface area contributed by atoms with E-state index in [1.54, 1.807) is 0 Å². The van der Waals surface area contributed by atoms with Crippen LogP contribution in [-0.2, 0) is 25.4 Å². The van der Waals surface area contributed by atoms with Gasteiger partial charge >= 0.3 is 5.69 Å². The van der Waals surface area contributed by atoms with Gasteiger partial charge in [0.25, 0.3) is 11.5 Å². The molecule has 1 amide bonds. The van der Waals surface area contributed by atoms with E-state index in [0.717, 1.165) is 15.8 Å². The van der Waals surface area contributed by atoms with Crippen LogP contribution < -0.4 is 21.6 Å². The lowest BCUT2D eigenvalue weighted by molar-refractivity contribution is -0.121. The third-order valence-corrected chi connectivity index (χ3v) is 4.34. The molecular weight excluding hydrogens is 362 g/mol. The number of nitrogens with one attached hydrogen (secondary N) is 1. The van der Waals surface area contributed by atoms with Crippen molar-refractivity contribution in [1.29, 1.82) is 0 Å². The number of anilines is 1. The normalized spacial score (nSPS) is 11.3. The highest BCUT2D eigenvalue weighted by molar-refractivity contribution is 5.83. The average molecular weight is 383 g/mol. The molecule has 0 fully saturated rings. The molecule has 0 saturated heterocycles. The van der Waals surface area contributed by atoms with E-state index >= 15 is 0 Å². The van der Waals surface area contributed by atoms with Crippen molar-refractivity contribution in [3.05, 3.63) is 57.0 Å². The molecular formula is C18H21N7O3. The third-order valence-electron chi connectivity index (χ3n) is 4.34. The lowest BCUT2D eigenvalue weighted by Crippen LogP contribution is -2.38. The summed E-state index contributed by atoms with van der Waals surface area (Å²) in [6.45, 7) is -0.152. The molecule has 0 spiro atoms. The van der Waals surface area contributed by atoms with Crippen LogP contribution in [-0.4, -0.2) is 44.9 Å². The van der Waals surface area contributed by atoms with E-state index < -0.39 is 17.2 Å². The summed E-state index contributed by atoms with van der Waals surface area (Å²) in [5, 5.41) is 3.94. The van der Waals surface area contributed by atoms with Gasteiger partial charge in [-0.05, 0) is 17.7 Å². The molecule has 0 aliphatic carbocycles. The molecule has 28 heavy (non-hydrogen) atoms. The Hall–Kier alpha value is -3.69. The number of amides is 1. The van der Waals surface area contributed by atoms with Gasteiger partial charge in [-0.3, -0.25) is 18.7 Å². The van der Waals surface area contributed by atoms with Crippen molar-refractivity contribution in [2.45, 2.75) is 6.54 Å². The zero-order valence-electron chi connectivity index (χ0n) is 16.1. The van der Waals surface area contributed by atoms with Crippen LogP contribution in [0.4, 0.5) is 5.69 Å². The van der Waals surface area contributed by atoms with E-state index in [9.17, 15) is 14.4 Å². The SMILES string of the molecule is CN(C)c1ccc(C=NNC(=O)Cn2cnc3c2c(=O)n(C)c(=O)n3C)cc1. The van der Waals surface area contributed by atoms with Crippen LogP contribution in [0.3, 0.4) is 0 Å². The number of hydrogen-bond acceptors (Lipinski definition) is 6. The minimum Gasteiger partial charge on any atom is -0.378 e. The van der Waals surface area contributed by atoms with Crippen LogP contribution in [0.15, 0.2) is 45.3 Å². The van der Waals surface area contributed by atoms with E-state index in [1.165, 1.54) is 35.8 Å². The summed E-state index contributed by atoms with van der Waals surface area (Å²) < 4.78 is 3.64. The maximum Gasteiger partial charge on any atom is 0.332 e. The van der Waals surface area contributed by atoms with Gasteiger partial charge in [0.05, 0.1) is 12.5 Å². The number of hydrazone groups is 1. The Bertz CT molecular complexity index is 1170. The molecule has 0 radical (unpaired) electrons. The number of aromatic nitrogens is 4. The van der Waals surface area contributed by atoms with Crippen molar-refractivity contribution in [2.75, 3.05) is 19.0 Å². The predicted molar refractivity (Wildman–Crippen MR) is 107 cm³/mol. The topological polar surface area (TPSA) is 107 Å². The maximum atomic E-state index is 12.4. The fourth-order valence-electron chi connectivity index (χ4n) is 2.74. The monoisotopic (exact) mass is 383 g/mol. The molecule has 0 bridgehead atoms. The first-order valence-corrected chi connectivity index (χ1v) is 8.49. The number of nitrogens with zero attached hydrogens (tertiary/aromatic N) is 6. The third kappa shape index (κ3) is 3.56.